The summed E-state index contributed by atoms with van der Waals surface area (Å²) in [6, 6.07) is 7.09. The van der Waals surface area contributed by atoms with Crippen LogP contribution in [-0.2, 0) is 14.6 Å². The summed E-state index contributed by atoms with van der Waals surface area (Å²) in [5.74, 6) is 0.166. The van der Waals surface area contributed by atoms with Gasteiger partial charge < -0.3 is 10.6 Å². The Balaban J connectivity index is 2.02. The van der Waals surface area contributed by atoms with Crippen LogP contribution >= 0.6 is 0 Å². The van der Waals surface area contributed by atoms with Gasteiger partial charge in [-0.05, 0) is 25.0 Å². The monoisotopic (exact) mass is 296 g/mol. The van der Waals surface area contributed by atoms with Gasteiger partial charge in [0.15, 0.2) is 9.84 Å². The van der Waals surface area contributed by atoms with Crippen molar-refractivity contribution in [2.75, 3.05) is 18.8 Å². The van der Waals surface area contributed by atoms with Gasteiger partial charge >= 0.3 is 0 Å². The third-order valence-corrected chi connectivity index (χ3v) is 5.24. The summed E-state index contributed by atoms with van der Waals surface area (Å²) in [5, 5.41) is 6.02. The molecule has 110 valence electrons. The van der Waals surface area contributed by atoms with Crippen LogP contribution in [-0.4, -0.2) is 33.2 Å². The highest BCUT2D eigenvalue weighted by molar-refractivity contribution is 7.91. The van der Waals surface area contributed by atoms with Gasteiger partial charge in [0.2, 0.25) is 5.91 Å². The first-order valence-electron chi connectivity index (χ1n) is 6.86. The molecule has 1 unspecified atom stereocenters. The average Bonchev–Trinajstić information content (AvgIpc) is 2.42. The van der Waals surface area contributed by atoms with Crippen molar-refractivity contribution in [1.82, 2.24) is 10.6 Å². The minimum absolute atomic E-state index is 0.00384. The molecule has 0 saturated heterocycles. The van der Waals surface area contributed by atoms with Crippen LogP contribution in [0.4, 0.5) is 0 Å². The van der Waals surface area contributed by atoms with Gasteiger partial charge in [-0.25, -0.2) is 8.42 Å². The zero-order valence-corrected chi connectivity index (χ0v) is 12.4. The molecule has 0 bridgehead atoms. The fourth-order valence-electron chi connectivity index (χ4n) is 2.45. The molecule has 1 aliphatic heterocycles. The number of benzene rings is 1. The number of fused-ring (bicyclic) bond motifs is 1. The third kappa shape index (κ3) is 3.37. The van der Waals surface area contributed by atoms with E-state index in [9.17, 15) is 13.2 Å². The first-order chi connectivity index (χ1) is 9.54. The highest BCUT2D eigenvalue weighted by atomic mass is 32.2. The molecule has 0 radical (unpaired) electrons. The first kappa shape index (κ1) is 15.0. The molecule has 1 aromatic carbocycles. The van der Waals surface area contributed by atoms with Crippen LogP contribution in [0.5, 0.6) is 0 Å². The molecule has 0 aliphatic carbocycles. The summed E-state index contributed by atoms with van der Waals surface area (Å²) in [6.07, 6.45) is 0.952. The van der Waals surface area contributed by atoms with Crippen LogP contribution < -0.4 is 10.6 Å². The predicted molar refractivity (Wildman–Crippen MR) is 77.2 cm³/mol. The van der Waals surface area contributed by atoms with Gasteiger partial charge in [-0.15, -0.1) is 0 Å². The Labute approximate surface area is 119 Å². The molecular formula is C14H20N2O3S. The molecule has 1 atom stereocenters. The van der Waals surface area contributed by atoms with E-state index in [0.29, 0.717) is 30.8 Å². The summed E-state index contributed by atoms with van der Waals surface area (Å²) in [6.45, 7) is 3.06. The number of rotatable bonds is 5. The van der Waals surface area contributed by atoms with Crippen molar-refractivity contribution < 1.29 is 13.2 Å². The van der Waals surface area contributed by atoms with Crippen molar-refractivity contribution in [2.45, 2.75) is 30.7 Å². The quantitative estimate of drug-likeness (QED) is 0.850. The molecule has 2 rings (SSSR count). The average molecular weight is 296 g/mol. The van der Waals surface area contributed by atoms with E-state index in [4.69, 9.17) is 0 Å². The van der Waals surface area contributed by atoms with E-state index in [0.717, 1.165) is 5.56 Å². The highest BCUT2D eigenvalue weighted by Crippen LogP contribution is 2.31. The SMILES string of the molecule is CCNC(=O)CCNC1CCS(=O)(=O)c2ccccc21. The third-order valence-electron chi connectivity index (χ3n) is 3.42. The zero-order valence-electron chi connectivity index (χ0n) is 11.6. The zero-order chi connectivity index (χ0) is 14.6. The Morgan fingerprint density at radius 1 is 1.35 bits per heavy atom. The number of amides is 1. The van der Waals surface area contributed by atoms with Crippen LogP contribution in [0.25, 0.3) is 0 Å². The molecule has 1 aromatic rings. The number of hydrogen-bond donors (Lipinski definition) is 2. The topological polar surface area (TPSA) is 75.3 Å². The van der Waals surface area contributed by atoms with E-state index in [2.05, 4.69) is 10.6 Å². The Hall–Kier alpha value is -1.40. The molecule has 1 aliphatic rings. The number of sulfone groups is 1. The largest absolute Gasteiger partial charge is 0.356 e. The standard InChI is InChI=1S/C14H20N2O3S/c1-2-15-14(17)7-9-16-12-8-10-20(18,19)13-6-4-3-5-11(12)13/h3-6,12,16H,2,7-10H2,1H3,(H,15,17). The smallest absolute Gasteiger partial charge is 0.221 e. The Kier molecular flexibility index (Phi) is 4.77. The van der Waals surface area contributed by atoms with Gasteiger partial charge in [-0.3, -0.25) is 4.79 Å². The minimum atomic E-state index is -3.14. The van der Waals surface area contributed by atoms with Crippen LogP contribution in [0, 0.1) is 0 Å². The number of nitrogens with one attached hydrogen (secondary N) is 2. The van der Waals surface area contributed by atoms with E-state index in [1.807, 2.05) is 19.1 Å². The molecule has 20 heavy (non-hydrogen) atoms. The lowest BCUT2D eigenvalue weighted by molar-refractivity contribution is -0.120. The van der Waals surface area contributed by atoms with Crippen LogP contribution in [0.2, 0.25) is 0 Å². The summed E-state index contributed by atoms with van der Waals surface area (Å²) in [4.78, 5) is 11.8. The molecule has 2 N–H and O–H groups in total. The lowest BCUT2D eigenvalue weighted by Crippen LogP contribution is -2.33. The van der Waals surface area contributed by atoms with Gasteiger partial charge in [0.1, 0.15) is 0 Å². The van der Waals surface area contributed by atoms with Crippen molar-refractivity contribution in [3.8, 4) is 0 Å². The molecule has 0 spiro atoms. The van der Waals surface area contributed by atoms with Gasteiger partial charge in [-0.1, -0.05) is 18.2 Å². The Bertz CT molecular complexity index is 584. The molecule has 0 aromatic heterocycles. The van der Waals surface area contributed by atoms with Crippen LogP contribution in [0.15, 0.2) is 29.2 Å². The number of hydrogen-bond acceptors (Lipinski definition) is 4. The van der Waals surface area contributed by atoms with Crippen LogP contribution in [0.3, 0.4) is 0 Å². The maximum Gasteiger partial charge on any atom is 0.221 e. The van der Waals surface area contributed by atoms with Crippen molar-refractivity contribution >= 4 is 15.7 Å². The summed E-state index contributed by atoms with van der Waals surface area (Å²) < 4.78 is 24.0. The van der Waals surface area contributed by atoms with E-state index in [1.54, 1.807) is 12.1 Å². The lowest BCUT2D eigenvalue weighted by atomic mass is 10.0. The minimum Gasteiger partial charge on any atom is -0.356 e. The Morgan fingerprint density at radius 2 is 2.10 bits per heavy atom. The number of carbonyl (C=O) groups excluding carboxylic acids is 1. The van der Waals surface area contributed by atoms with Gasteiger partial charge in [0.25, 0.3) is 0 Å². The summed E-state index contributed by atoms with van der Waals surface area (Å²) in [7, 11) is -3.14. The van der Waals surface area contributed by atoms with Crippen LogP contribution in [0.1, 0.15) is 31.4 Å². The lowest BCUT2D eigenvalue weighted by Gasteiger charge is -2.26. The fraction of sp³-hybridized carbons (Fsp3) is 0.500. The van der Waals surface area contributed by atoms with E-state index in [-0.39, 0.29) is 17.7 Å². The van der Waals surface area contributed by atoms with Crippen molar-refractivity contribution in [2.24, 2.45) is 0 Å². The van der Waals surface area contributed by atoms with Gasteiger partial charge in [-0.2, -0.15) is 0 Å². The van der Waals surface area contributed by atoms with Gasteiger partial charge in [0, 0.05) is 25.6 Å². The summed E-state index contributed by atoms with van der Waals surface area (Å²) in [5.41, 5.74) is 0.814. The maximum absolute atomic E-state index is 12.0. The second-order valence-electron chi connectivity index (χ2n) is 4.86. The molecular weight excluding hydrogens is 276 g/mol. The Morgan fingerprint density at radius 3 is 2.85 bits per heavy atom. The van der Waals surface area contributed by atoms with E-state index >= 15 is 0 Å². The molecule has 5 nitrogen and oxygen atoms in total. The molecule has 1 amide bonds. The first-order valence-corrected chi connectivity index (χ1v) is 8.51. The van der Waals surface area contributed by atoms with E-state index in [1.165, 1.54) is 0 Å². The van der Waals surface area contributed by atoms with E-state index < -0.39 is 9.84 Å². The molecule has 0 saturated carbocycles. The molecule has 6 heteroatoms. The second-order valence-corrected chi connectivity index (χ2v) is 6.93. The fourth-order valence-corrected chi connectivity index (χ4v) is 4.07. The maximum atomic E-state index is 12.0. The normalized spacial score (nSPS) is 20.1. The van der Waals surface area contributed by atoms with Crippen molar-refractivity contribution in [3.63, 3.8) is 0 Å². The second kappa shape index (κ2) is 6.37. The summed E-state index contributed by atoms with van der Waals surface area (Å²) >= 11 is 0. The van der Waals surface area contributed by atoms with Crippen molar-refractivity contribution in [3.05, 3.63) is 29.8 Å². The number of carbonyl (C=O) groups is 1. The molecule has 0 fully saturated rings. The van der Waals surface area contributed by atoms with Gasteiger partial charge in [0.05, 0.1) is 10.6 Å². The highest BCUT2D eigenvalue weighted by Gasteiger charge is 2.29. The molecule has 1 heterocycles. The predicted octanol–water partition coefficient (Wildman–Crippen LogP) is 1.02. The van der Waals surface area contributed by atoms with Crippen molar-refractivity contribution in [1.29, 1.82) is 0 Å².